The number of phenols is 2. The highest BCUT2D eigenvalue weighted by Gasteiger charge is 2.32. The van der Waals surface area contributed by atoms with Crippen LogP contribution >= 0.6 is 7.82 Å². The molecule has 8 nitrogen and oxygen atoms in total. The Morgan fingerprint density at radius 1 is 0.957 bits per heavy atom. The lowest BCUT2D eigenvalue weighted by Gasteiger charge is -2.25. The van der Waals surface area contributed by atoms with E-state index in [0.29, 0.717) is 5.56 Å². The minimum absolute atomic E-state index is 0.00499. The molecule has 0 bridgehead atoms. The van der Waals surface area contributed by atoms with Crippen molar-refractivity contribution in [2.24, 2.45) is 0 Å². The molecule has 0 aliphatic carbocycles. The maximum absolute atomic E-state index is 11.0. The zero-order valence-electron chi connectivity index (χ0n) is 11.7. The average Bonchev–Trinajstić information content (AvgIpc) is 2.39. The average molecular weight is 342 g/mol. The van der Waals surface area contributed by atoms with Crippen LogP contribution < -0.4 is 4.52 Å². The van der Waals surface area contributed by atoms with Gasteiger partial charge in [-0.25, -0.2) is 4.57 Å². The van der Waals surface area contributed by atoms with E-state index in [0.717, 1.165) is 18.2 Å². The molecule has 0 spiro atoms. The van der Waals surface area contributed by atoms with Gasteiger partial charge < -0.3 is 24.9 Å². The minimum atomic E-state index is -4.96. The summed E-state index contributed by atoms with van der Waals surface area (Å²) in [5.74, 6) is -3.43. The van der Waals surface area contributed by atoms with E-state index in [9.17, 15) is 25.0 Å². The molecule has 23 heavy (non-hydrogen) atoms. The first kappa shape index (κ1) is 17.3. The Kier molecular flexibility index (Phi) is 4.65. The Morgan fingerprint density at radius 2 is 1.52 bits per heavy atom. The normalized spacial score (nSPS) is 12.2. The SMILES string of the molecule is O=P(O)(O)Oc1cc(O)ccc1C(O)(O)Cc1ccc(O)cc1. The third kappa shape index (κ3) is 4.69. The molecule has 0 aromatic heterocycles. The van der Waals surface area contributed by atoms with Crippen molar-refractivity contribution in [2.75, 3.05) is 0 Å². The molecule has 0 heterocycles. The van der Waals surface area contributed by atoms with E-state index in [-0.39, 0.29) is 23.5 Å². The molecule has 0 radical (unpaired) electrons. The zero-order chi connectivity index (χ0) is 17.3. The second-order valence-corrected chi connectivity index (χ2v) is 6.09. The minimum Gasteiger partial charge on any atom is -0.508 e. The number of rotatable bonds is 5. The van der Waals surface area contributed by atoms with Crippen LogP contribution in [-0.4, -0.2) is 30.2 Å². The fourth-order valence-corrected chi connectivity index (χ4v) is 2.45. The Balaban J connectivity index is 2.38. The fourth-order valence-electron chi connectivity index (χ4n) is 2.04. The summed E-state index contributed by atoms with van der Waals surface area (Å²) in [4.78, 5) is 17.8. The van der Waals surface area contributed by atoms with Crippen molar-refractivity contribution < 1.29 is 39.3 Å². The third-order valence-corrected chi connectivity index (χ3v) is 3.44. The first-order valence-electron chi connectivity index (χ1n) is 6.38. The molecule has 2 rings (SSSR count). The predicted octanol–water partition coefficient (Wildman–Crippen LogP) is 0.949. The van der Waals surface area contributed by atoms with Crippen LogP contribution in [0, 0.1) is 0 Å². The van der Waals surface area contributed by atoms with Crippen LogP contribution in [0.2, 0.25) is 0 Å². The van der Waals surface area contributed by atoms with E-state index in [2.05, 4.69) is 4.52 Å². The monoisotopic (exact) mass is 342 g/mol. The van der Waals surface area contributed by atoms with Crippen molar-refractivity contribution in [3.05, 3.63) is 53.6 Å². The number of benzene rings is 2. The molecule has 6 N–H and O–H groups in total. The summed E-state index contributed by atoms with van der Waals surface area (Å²) in [7, 11) is -4.96. The molecule has 9 heteroatoms. The maximum atomic E-state index is 11.0. The molecule has 0 amide bonds. The van der Waals surface area contributed by atoms with Crippen molar-refractivity contribution in [1.29, 1.82) is 0 Å². The topological polar surface area (TPSA) is 148 Å². The highest BCUT2D eigenvalue weighted by atomic mass is 31.2. The van der Waals surface area contributed by atoms with Crippen LogP contribution in [0.25, 0.3) is 0 Å². The second-order valence-electron chi connectivity index (χ2n) is 4.92. The zero-order valence-corrected chi connectivity index (χ0v) is 12.6. The quantitative estimate of drug-likeness (QED) is 0.348. The summed E-state index contributed by atoms with van der Waals surface area (Å²) in [6, 6.07) is 8.71. The Morgan fingerprint density at radius 3 is 2.09 bits per heavy atom. The molecule has 2 aromatic rings. The highest BCUT2D eigenvalue weighted by molar-refractivity contribution is 7.46. The Labute approximate surface area is 131 Å². The Bertz CT molecular complexity index is 735. The Hall–Kier alpha value is -2.09. The maximum Gasteiger partial charge on any atom is 0.524 e. The van der Waals surface area contributed by atoms with Gasteiger partial charge in [0.25, 0.3) is 0 Å². The first-order chi connectivity index (χ1) is 10.6. The molecule has 0 aliphatic rings. The second kappa shape index (κ2) is 6.19. The van der Waals surface area contributed by atoms with Gasteiger partial charge in [-0.15, -0.1) is 0 Å². The molecule has 0 unspecified atom stereocenters. The fraction of sp³-hybridized carbons (Fsp3) is 0.143. The predicted molar refractivity (Wildman–Crippen MR) is 78.7 cm³/mol. The molecule has 0 saturated carbocycles. The molecule has 124 valence electrons. The van der Waals surface area contributed by atoms with Gasteiger partial charge in [-0.1, -0.05) is 12.1 Å². The van der Waals surface area contributed by atoms with Crippen molar-refractivity contribution in [1.82, 2.24) is 0 Å². The van der Waals surface area contributed by atoms with E-state index < -0.39 is 19.4 Å². The summed E-state index contributed by atoms with van der Waals surface area (Å²) in [5.41, 5.74) is 0.120. The summed E-state index contributed by atoms with van der Waals surface area (Å²) in [6.07, 6.45) is -0.338. The van der Waals surface area contributed by atoms with Crippen LogP contribution in [0.3, 0.4) is 0 Å². The first-order valence-corrected chi connectivity index (χ1v) is 7.91. The van der Waals surface area contributed by atoms with Crippen LogP contribution in [0.15, 0.2) is 42.5 Å². The summed E-state index contributed by atoms with van der Waals surface area (Å²) < 4.78 is 15.4. The van der Waals surface area contributed by atoms with Gasteiger partial charge in [-0.3, -0.25) is 9.79 Å². The number of phosphoric ester groups is 1. The summed E-state index contributed by atoms with van der Waals surface area (Å²) >= 11 is 0. The molecule has 2 aromatic carbocycles. The van der Waals surface area contributed by atoms with E-state index >= 15 is 0 Å². The number of aliphatic hydroxyl groups is 2. The van der Waals surface area contributed by atoms with Gasteiger partial charge in [0.1, 0.15) is 17.2 Å². The van der Waals surface area contributed by atoms with Crippen LogP contribution in [0.5, 0.6) is 17.2 Å². The molecule has 0 aliphatic heterocycles. The largest absolute Gasteiger partial charge is 0.524 e. The van der Waals surface area contributed by atoms with Gasteiger partial charge in [0.2, 0.25) is 0 Å². The summed E-state index contributed by atoms with van der Waals surface area (Å²) in [5, 5.41) is 39.1. The molecule has 0 atom stereocenters. The lowest BCUT2D eigenvalue weighted by atomic mass is 9.97. The molecule has 0 saturated heterocycles. The lowest BCUT2D eigenvalue weighted by Crippen LogP contribution is -2.28. The number of hydrogen-bond donors (Lipinski definition) is 6. The van der Waals surface area contributed by atoms with E-state index in [4.69, 9.17) is 9.79 Å². The van der Waals surface area contributed by atoms with Gasteiger partial charge in [-0.05, 0) is 29.8 Å². The van der Waals surface area contributed by atoms with Crippen molar-refractivity contribution in [2.45, 2.75) is 12.2 Å². The van der Waals surface area contributed by atoms with E-state index in [1.807, 2.05) is 0 Å². The molecule has 0 fully saturated rings. The van der Waals surface area contributed by atoms with Crippen molar-refractivity contribution in [3.8, 4) is 17.2 Å². The lowest BCUT2D eigenvalue weighted by molar-refractivity contribution is -0.168. The van der Waals surface area contributed by atoms with Gasteiger partial charge >= 0.3 is 7.82 Å². The van der Waals surface area contributed by atoms with Crippen LogP contribution in [-0.2, 0) is 16.8 Å². The number of hydrogen-bond acceptors (Lipinski definition) is 6. The number of aromatic hydroxyl groups is 2. The van der Waals surface area contributed by atoms with Gasteiger partial charge in [-0.2, -0.15) is 0 Å². The van der Waals surface area contributed by atoms with Crippen LogP contribution in [0.1, 0.15) is 11.1 Å². The van der Waals surface area contributed by atoms with Gasteiger partial charge in [0, 0.05) is 12.5 Å². The van der Waals surface area contributed by atoms with E-state index in [1.165, 1.54) is 24.3 Å². The standard InChI is InChI=1S/C14H15O8P/c15-10-3-1-9(2-4-10)8-14(17,18)12-6-5-11(16)7-13(12)22-23(19,20)21/h1-7,15-18H,8H2,(H2,19,20,21). The van der Waals surface area contributed by atoms with Crippen LogP contribution in [0.4, 0.5) is 0 Å². The third-order valence-electron chi connectivity index (χ3n) is 3.00. The van der Waals surface area contributed by atoms with Gasteiger partial charge in [0.05, 0.1) is 5.56 Å². The number of phosphoric acid groups is 1. The highest BCUT2D eigenvalue weighted by Crippen LogP contribution is 2.43. The van der Waals surface area contributed by atoms with E-state index in [1.54, 1.807) is 0 Å². The smallest absolute Gasteiger partial charge is 0.508 e. The molecular weight excluding hydrogens is 327 g/mol. The van der Waals surface area contributed by atoms with Gasteiger partial charge in [0.15, 0.2) is 5.79 Å². The van der Waals surface area contributed by atoms with Crippen molar-refractivity contribution in [3.63, 3.8) is 0 Å². The molecular formula is C14H15O8P. The number of phenolic OH excluding ortho intramolecular Hbond substituents is 2. The van der Waals surface area contributed by atoms with Crippen molar-refractivity contribution >= 4 is 7.82 Å². The summed E-state index contributed by atoms with van der Waals surface area (Å²) in [6.45, 7) is 0.